The zero-order valence-electron chi connectivity index (χ0n) is 9.30. The van der Waals surface area contributed by atoms with Gasteiger partial charge in [0.1, 0.15) is 10.8 Å². The molecule has 2 heterocycles. The molecule has 1 unspecified atom stereocenters. The van der Waals surface area contributed by atoms with Crippen LogP contribution in [0.2, 0.25) is 0 Å². The molecular weight excluding hydrogens is 234 g/mol. The maximum Gasteiger partial charge on any atom is 0.123 e. The van der Waals surface area contributed by atoms with E-state index in [9.17, 15) is 0 Å². The third-order valence-electron chi connectivity index (χ3n) is 2.99. The smallest absolute Gasteiger partial charge is 0.123 e. The first-order valence-corrected chi connectivity index (χ1v) is 6.53. The van der Waals surface area contributed by atoms with Crippen molar-refractivity contribution in [3.63, 3.8) is 0 Å². The number of thiazole rings is 1. The summed E-state index contributed by atoms with van der Waals surface area (Å²) in [6, 6.07) is 8.12. The summed E-state index contributed by atoms with van der Waals surface area (Å²) in [6.45, 7) is 0.747. The topological polar surface area (TPSA) is 42.4 Å². The lowest BCUT2D eigenvalue weighted by atomic mass is 9.94. The number of aliphatic hydroxyl groups is 1. The van der Waals surface area contributed by atoms with E-state index in [-0.39, 0.29) is 6.61 Å². The van der Waals surface area contributed by atoms with E-state index in [4.69, 9.17) is 9.84 Å². The molecule has 1 N–H and O–H groups in total. The highest BCUT2D eigenvalue weighted by Gasteiger charge is 2.24. The second-order valence-corrected chi connectivity index (χ2v) is 4.95. The summed E-state index contributed by atoms with van der Waals surface area (Å²) >= 11 is 1.62. The number of nitrogens with zero attached hydrogens (tertiary/aromatic N) is 1. The third kappa shape index (κ3) is 1.94. The van der Waals surface area contributed by atoms with Gasteiger partial charge >= 0.3 is 0 Å². The van der Waals surface area contributed by atoms with Crippen molar-refractivity contribution in [1.82, 2.24) is 4.98 Å². The summed E-state index contributed by atoms with van der Waals surface area (Å²) < 4.78 is 5.64. The van der Waals surface area contributed by atoms with Crippen LogP contribution in [0.25, 0.3) is 0 Å². The standard InChI is InChI=1S/C13H13NO2S/c15-7-9-8-17-13(14-9)11-5-6-16-12-4-2-1-3-10(11)12/h1-4,8,11,15H,5-7H2. The Hall–Kier alpha value is -1.39. The number of fused-ring (bicyclic) bond motifs is 1. The first kappa shape index (κ1) is 10.7. The highest BCUT2D eigenvalue weighted by Crippen LogP contribution is 2.38. The molecule has 0 radical (unpaired) electrons. The molecule has 17 heavy (non-hydrogen) atoms. The van der Waals surface area contributed by atoms with E-state index in [2.05, 4.69) is 11.1 Å². The van der Waals surface area contributed by atoms with Gasteiger partial charge in [-0.25, -0.2) is 4.98 Å². The lowest BCUT2D eigenvalue weighted by Gasteiger charge is -2.24. The quantitative estimate of drug-likeness (QED) is 0.886. The van der Waals surface area contributed by atoms with Crippen LogP contribution in [0.15, 0.2) is 29.6 Å². The highest BCUT2D eigenvalue weighted by atomic mass is 32.1. The van der Waals surface area contributed by atoms with Gasteiger partial charge in [0.2, 0.25) is 0 Å². The van der Waals surface area contributed by atoms with Crippen molar-refractivity contribution in [1.29, 1.82) is 0 Å². The largest absolute Gasteiger partial charge is 0.493 e. The number of hydrogen-bond acceptors (Lipinski definition) is 4. The van der Waals surface area contributed by atoms with Gasteiger partial charge in [-0.05, 0) is 12.5 Å². The molecule has 0 aliphatic carbocycles. The van der Waals surface area contributed by atoms with Crippen molar-refractivity contribution in [3.8, 4) is 5.75 Å². The Morgan fingerprint density at radius 2 is 2.29 bits per heavy atom. The minimum absolute atomic E-state index is 0.0152. The molecule has 1 aromatic heterocycles. The van der Waals surface area contributed by atoms with Crippen LogP contribution in [0, 0.1) is 0 Å². The summed E-state index contributed by atoms with van der Waals surface area (Å²) in [5.41, 5.74) is 1.96. The second kappa shape index (κ2) is 4.47. The Bertz CT molecular complexity index is 524. The van der Waals surface area contributed by atoms with Crippen LogP contribution in [-0.2, 0) is 6.61 Å². The molecule has 2 aromatic rings. The number of rotatable bonds is 2. The van der Waals surface area contributed by atoms with E-state index in [1.165, 1.54) is 5.56 Å². The molecule has 88 valence electrons. The van der Waals surface area contributed by atoms with E-state index in [0.29, 0.717) is 5.92 Å². The molecule has 1 aliphatic heterocycles. The Morgan fingerprint density at radius 3 is 3.12 bits per heavy atom. The molecular formula is C13H13NO2S. The van der Waals surface area contributed by atoms with Crippen LogP contribution < -0.4 is 4.74 Å². The molecule has 1 aromatic carbocycles. The molecule has 0 fully saturated rings. The van der Waals surface area contributed by atoms with Gasteiger partial charge in [-0.3, -0.25) is 0 Å². The maximum atomic E-state index is 9.06. The number of ether oxygens (including phenoxy) is 1. The van der Waals surface area contributed by atoms with E-state index in [0.717, 1.165) is 29.5 Å². The summed E-state index contributed by atoms with van der Waals surface area (Å²) in [5.74, 6) is 1.27. The summed E-state index contributed by atoms with van der Waals surface area (Å²) in [5, 5.41) is 12.1. The van der Waals surface area contributed by atoms with E-state index in [1.54, 1.807) is 11.3 Å². The van der Waals surface area contributed by atoms with Gasteiger partial charge < -0.3 is 9.84 Å². The van der Waals surface area contributed by atoms with Crippen LogP contribution >= 0.6 is 11.3 Å². The number of para-hydroxylation sites is 1. The van der Waals surface area contributed by atoms with Crippen LogP contribution in [0.4, 0.5) is 0 Å². The lowest BCUT2D eigenvalue weighted by molar-refractivity contribution is 0.272. The number of aromatic nitrogens is 1. The van der Waals surface area contributed by atoms with Crippen molar-refractivity contribution >= 4 is 11.3 Å². The van der Waals surface area contributed by atoms with Gasteiger partial charge in [0.15, 0.2) is 0 Å². The SMILES string of the molecule is OCc1csc(C2CCOc3ccccc32)n1. The second-order valence-electron chi connectivity index (χ2n) is 4.06. The molecule has 1 aliphatic rings. The van der Waals surface area contributed by atoms with Gasteiger partial charge in [-0.2, -0.15) is 0 Å². The highest BCUT2D eigenvalue weighted by molar-refractivity contribution is 7.09. The van der Waals surface area contributed by atoms with E-state index >= 15 is 0 Å². The minimum atomic E-state index is 0.0152. The maximum absolute atomic E-state index is 9.06. The fourth-order valence-corrected chi connectivity index (χ4v) is 3.12. The molecule has 3 rings (SSSR count). The fourth-order valence-electron chi connectivity index (χ4n) is 2.15. The third-order valence-corrected chi connectivity index (χ3v) is 4.00. The number of benzene rings is 1. The average Bonchev–Trinajstić information content (AvgIpc) is 2.87. The monoisotopic (exact) mass is 247 g/mol. The molecule has 0 spiro atoms. The molecule has 0 amide bonds. The Morgan fingerprint density at radius 1 is 1.41 bits per heavy atom. The molecule has 0 saturated heterocycles. The van der Waals surface area contributed by atoms with Crippen LogP contribution in [0.3, 0.4) is 0 Å². The predicted octanol–water partition coefficient (Wildman–Crippen LogP) is 2.55. The molecule has 3 nitrogen and oxygen atoms in total. The van der Waals surface area contributed by atoms with Crippen LogP contribution in [0.1, 0.15) is 28.6 Å². The van der Waals surface area contributed by atoms with Crippen molar-refractivity contribution < 1.29 is 9.84 Å². The molecule has 0 saturated carbocycles. The van der Waals surface area contributed by atoms with Gasteiger partial charge in [0, 0.05) is 16.9 Å². The molecule has 4 heteroatoms. The summed E-state index contributed by atoms with van der Waals surface area (Å²) in [6.07, 6.45) is 0.954. The Balaban J connectivity index is 1.99. The fraction of sp³-hybridized carbons (Fsp3) is 0.308. The van der Waals surface area contributed by atoms with Crippen LogP contribution in [0.5, 0.6) is 5.75 Å². The number of aliphatic hydroxyl groups excluding tert-OH is 1. The first-order valence-electron chi connectivity index (χ1n) is 5.65. The zero-order chi connectivity index (χ0) is 11.7. The van der Waals surface area contributed by atoms with Crippen molar-refractivity contribution in [2.45, 2.75) is 18.9 Å². The average molecular weight is 247 g/mol. The van der Waals surface area contributed by atoms with Crippen molar-refractivity contribution in [2.75, 3.05) is 6.61 Å². The van der Waals surface area contributed by atoms with Gasteiger partial charge in [0.25, 0.3) is 0 Å². The summed E-state index contributed by atoms with van der Waals surface area (Å²) in [4.78, 5) is 4.46. The lowest BCUT2D eigenvalue weighted by Crippen LogP contribution is -2.14. The Kier molecular flexibility index (Phi) is 2.82. The molecule has 1 atom stereocenters. The molecule has 0 bridgehead atoms. The first-order chi connectivity index (χ1) is 8.38. The van der Waals surface area contributed by atoms with E-state index in [1.807, 2.05) is 23.6 Å². The van der Waals surface area contributed by atoms with Crippen molar-refractivity contribution in [3.05, 3.63) is 45.9 Å². The predicted molar refractivity (Wildman–Crippen MR) is 66.4 cm³/mol. The zero-order valence-corrected chi connectivity index (χ0v) is 10.1. The normalized spacial score (nSPS) is 18.5. The van der Waals surface area contributed by atoms with Crippen LogP contribution in [-0.4, -0.2) is 16.7 Å². The van der Waals surface area contributed by atoms with Crippen molar-refractivity contribution in [2.24, 2.45) is 0 Å². The van der Waals surface area contributed by atoms with Gasteiger partial charge in [0.05, 0.1) is 18.9 Å². The van der Waals surface area contributed by atoms with Gasteiger partial charge in [-0.1, -0.05) is 18.2 Å². The number of hydrogen-bond donors (Lipinski definition) is 1. The van der Waals surface area contributed by atoms with Gasteiger partial charge in [-0.15, -0.1) is 11.3 Å². The Labute approximate surface area is 104 Å². The summed E-state index contributed by atoms with van der Waals surface area (Å²) in [7, 11) is 0. The van der Waals surface area contributed by atoms with E-state index < -0.39 is 0 Å². The minimum Gasteiger partial charge on any atom is -0.493 e.